The molecule has 1 saturated heterocycles. The smallest absolute Gasteiger partial charge is 0.225 e. The molecule has 0 bridgehead atoms. The highest BCUT2D eigenvalue weighted by Crippen LogP contribution is 2.26. The highest BCUT2D eigenvalue weighted by molar-refractivity contribution is 5.45. The minimum atomic E-state index is 0.276. The molecule has 21 heavy (non-hydrogen) atoms. The summed E-state index contributed by atoms with van der Waals surface area (Å²) in [5.41, 5.74) is 5.74. The molecule has 0 amide bonds. The van der Waals surface area contributed by atoms with Gasteiger partial charge in [0, 0.05) is 38.8 Å². The second-order valence-electron chi connectivity index (χ2n) is 6.06. The van der Waals surface area contributed by atoms with Crippen LogP contribution in [0.25, 0.3) is 0 Å². The largest absolute Gasteiger partial charge is 0.481 e. The van der Waals surface area contributed by atoms with Gasteiger partial charge in [0.25, 0.3) is 0 Å². The predicted octanol–water partition coefficient (Wildman–Crippen LogP) is 1.38. The summed E-state index contributed by atoms with van der Waals surface area (Å²) in [6.07, 6.45) is 5.68. The van der Waals surface area contributed by atoms with Crippen molar-refractivity contribution >= 4 is 11.8 Å². The average Bonchev–Trinajstić information content (AvgIpc) is 3.00. The Morgan fingerprint density at radius 1 is 1.19 bits per heavy atom. The van der Waals surface area contributed by atoms with Crippen LogP contribution >= 0.6 is 0 Å². The van der Waals surface area contributed by atoms with Gasteiger partial charge in [-0.05, 0) is 18.8 Å². The first-order valence-electron chi connectivity index (χ1n) is 7.90. The van der Waals surface area contributed by atoms with Crippen LogP contribution in [0.2, 0.25) is 0 Å². The van der Waals surface area contributed by atoms with Crippen molar-refractivity contribution in [2.24, 2.45) is 5.92 Å². The lowest BCUT2D eigenvalue weighted by Gasteiger charge is -2.36. The van der Waals surface area contributed by atoms with Crippen LogP contribution in [0.1, 0.15) is 25.7 Å². The summed E-state index contributed by atoms with van der Waals surface area (Å²) in [4.78, 5) is 13.2. The van der Waals surface area contributed by atoms with E-state index < -0.39 is 0 Å². The molecule has 2 aliphatic rings. The van der Waals surface area contributed by atoms with E-state index in [1.807, 2.05) is 6.07 Å². The van der Waals surface area contributed by atoms with Crippen LogP contribution in [0.15, 0.2) is 6.07 Å². The molecular formula is C15H25N5O. The number of nitrogen functional groups attached to an aromatic ring is 1. The lowest BCUT2D eigenvalue weighted by Crippen LogP contribution is -2.48. The SMILES string of the molecule is COc1cc(N2CCN(CC3CCCC3)CC2)nc(N)n1. The van der Waals surface area contributed by atoms with Gasteiger partial charge in [-0.25, -0.2) is 0 Å². The predicted molar refractivity (Wildman–Crippen MR) is 83.6 cm³/mol. The van der Waals surface area contributed by atoms with Crippen LogP contribution in [-0.2, 0) is 0 Å². The van der Waals surface area contributed by atoms with Crippen LogP contribution in [-0.4, -0.2) is 54.7 Å². The van der Waals surface area contributed by atoms with Crippen molar-refractivity contribution in [2.45, 2.75) is 25.7 Å². The van der Waals surface area contributed by atoms with Gasteiger partial charge in [-0.2, -0.15) is 9.97 Å². The van der Waals surface area contributed by atoms with Crippen molar-refractivity contribution in [1.82, 2.24) is 14.9 Å². The van der Waals surface area contributed by atoms with E-state index in [9.17, 15) is 0 Å². The van der Waals surface area contributed by atoms with E-state index in [0.717, 1.165) is 37.9 Å². The zero-order valence-electron chi connectivity index (χ0n) is 12.8. The standard InChI is InChI=1S/C15H25N5O/c1-21-14-10-13(17-15(16)18-14)20-8-6-19(7-9-20)11-12-4-2-3-5-12/h10,12H,2-9,11H2,1H3,(H2,16,17,18). The molecule has 3 rings (SSSR count). The van der Waals surface area contributed by atoms with E-state index >= 15 is 0 Å². The normalized spacial score (nSPS) is 20.9. The second-order valence-corrected chi connectivity index (χ2v) is 6.06. The molecular weight excluding hydrogens is 266 g/mol. The Bertz CT molecular complexity index is 467. The molecule has 0 atom stereocenters. The number of rotatable bonds is 4. The number of aromatic nitrogens is 2. The van der Waals surface area contributed by atoms with E-state index in [-0.39, 0.29) is 5.95 Å². The Balaban J connectivity index is 1.56. The quantitative estimate of drug-likeness (QED) is 0.904. The first-order chi connectivity index (χ1) is 10.2. The third kappa shape index (κ3) is 3.56. The van der Waals surface area contributed by atoms with Crippen molar-refractivity contribution in [3.8, 4) is 5.88 Å². The first-order valence-corrected chi connectivity index (χ1v) is 7.90. The maximum absolute atomic E-state index is 5.74. The third-order valence-electron chi connectivity index (χ3n) is 4.60. The van der Waals surface area contributed by atoms with E-state index in [1.165, 1.54) is 32.2 Å². The van der Waals surface area contributed by atoms with Crippen molar-refractivity contribution in [1.29, 1.82) is 0 Å². The summed E-state index contributed by atoms with van der Waals surface area (Å²) in [5, 5.41) is 0. The van der Waals surface area contributed by atoms with Gasteiger partial charge in [-0.1, -0.05) is 12.8 Å². The van der Waals surface area contributed by atoms with Gasteiger partial charge in [0.1, 0.15) is 5.82 Å². The van der Waals surface area contributed by atoms with Crippen LogP contribution in [0.4, 0.5) is 11.8 Å². The van der Waals surface area contributed by atoms with Gasteiger partial charge >= 0.3 is 0 Å². The highest BCUT2D eigenvalue weighted by Gasteiger charge is 2.23. The molecule has 1 aliphatic carbocycles. The monoisotopic (exact) mass is 291 g/mol. The van der Waals surface area contributed by atoms with Gasteiger partial charge < -0.3 is 15.4 Å². The van der Waals surface area contributed by atoms with E-state index in [1.54, 1.807) is 7.11 Å². The Hall–Kier alpha value is -1.56. The number of anilines is 2. The number of piperazine rings is 1. The number of nitrogens with zero attached hydrogens (tertiary/aromatic N) is 4. The third-order valence-corrected chi connectivity index (χ3v) is 4.60. The molecule has 1 aliphatic heterocycles. The second kappa shape index (κ2) is 6.47. The van der Waals surface area contributed by atoms with Gasteiger partial charge in [-0.15, -0.1) is 0 Å². The summed E-state index contributed by atoms with van der Waals surface area (Å²) >= 11 is 0. The topological polar surface area (TPSA) is 67.5 Å². The first kappa shape index (κ1) is 14.4. The lowest BCUT2D eigenvalue weighted by molar-refractivity contribution is 0.219. The molecule has 116 valence electrons. The zero-order valence-corrected chi connectivity index (χ0v) is 12.8. The fraction of sp³-hybridized carbons (Fsp3) is 0.733. The lowest BCUT2D eigenvalue weighted by atomic mass is 10.1. The summed E-state index contributed by atoms with van der Waals surface area (Å²) in [6.45, 7) is 5.45. The summed E-state index contributed by atoms with van der Waals surface area (Å²) in [5.74, 6) is 2.61. The molecule has 6 nitrogen and oxygen atoms in total. The zero-order chi connectivity index (χ0) is 14.7. The van der Waals surface area contributed by atoms with Crippen molar-refractivity contribution in [3.05, 3.63) is 6.07 Å². The number of ether oxygens (including phenoxy) is 1. The van der Waals surface area contributed by atoms with Crippen LogP contribution < -0.4 is 15.4 Å². The van der Waals surface area contributed by atoms with E-state index in [0.29, 0.717) is 5.88 Å². The molecule has 1 aromatic heterocycles. The van der Waals surface area contributed by atoms with E-state index in [2.05, 4.69) is 19.8 Å². The summed E-state index contributed by atoms with van der Waals surface area (Å²) in [7, 11) is 1.60. The van der Waals surface area contributed by atoms with Crippen LogP contribution in [0.5, 0.6) is 5.88 Å². The molecule has 1 saturated carbocycles. The molecule has 0 aromatic carbocycles. The van der Waals surface area contributed by atoms with Gasteiger partial charge in [0.2, 0.25) is 11.8 Å². The molecule has 1 aromatic rings. The van der Waals surface area contributed by atoms with Gasteiger partial charge in [-0.3, -0.25) is 4.90 Å². The molecule has 2 fully saturated rings. The van der Waals surface area contributed by atoms with Gasteiger partial charge in [0.05, 0.1) is 7.11 Å². The average molecular weight is 291 g/mol. The Morgan fingerprint density at radius 3 is 2.57 bits per heavy atom. The van der Waals surface area contributed by atoms with Crippen molar-refractivity contribution < 1.29 is 4.74 Å². The molecule has 2 N–H and O–H groups in total. The molecule has 0 unspecified atom stereocenters. The van der Waals surface area contributed by atoms with E-state index in [4.69, 9.17) is 10.5 Å². The minimum Gasteiger partial charge on any atom is -0.481 e. The maximum Gasteiger partial charge on any atom is 0.225 e. The number of hydrogen-bond donors (Lipinski definition) is 1. The maximum atomic E-state index is 5.74. The molecule has 0 radical (unpaired) electrons. The minimum absolute atomic E-state index is 0.276. The highest BCUT2D eigenvalue weighted by atomic mass is 16.5. The Labute approximate surface area is 126 Å². The van der Waals surface area contributed by atoms with Crippen molar-refractivity contribution in [2.75, 3.05) is 50.5 Å². The Kier molecular flexibility index (Phi) is 4.43. The number of methoxy groups -OCH3 is 1. The Morgan fingerprint density at radius 2 is 1.90 bits per heavy atom. The summed E-state index contributed by atoms with van der Waals surface area (Å²) < 4.78 is 5.17. The molecule has 6 heteroatoms. The van der Waals surface area contributed by atoms with Crippen LogP contribution in [0.3, 0.4) is 0 Å². The van der Waals surface area contributed by atoms with Crippen molar-refractivity contribution in [3.63, 3.8) is 0 Å². The number of hydrogen-bond acceptors (Lipinski definition) is 6. The number of nitrogens with two attached hydrogens (primary N) is 1. The van der Waals surface area contributed by atoms with Gasteiger partial charge in [0.15, 0.2) is 0 Å². The fourth-order valence-electron chi connectivity index (χ4n) is 3.41. The van der Waals surface area contributed by atoms with Crippen LogP contribution in [0, 0.1) is 5.92 Å². The fourth-order valence-corrected chi connectivity index (χ4v) is 3.41. The molecule has 2 heterocycles. The summed E-state index contributed by atoms with van der Waals surface area (Å²) in [6, 6.07) is 1.86. The molecule has 0 spiro atoms.